The minimum Gasteiger partial charge on any atom is -0.490 e. The number of nitrogens with zero attached hydrogens (tertiary/aromatic N) is 1. The SMILES string of the molecule is CCC(O)(CC)COc1cccc2ncccc12. The van der Waals surface area contributed by atoms with Gasteiger partial charge in [0.05, 0.1) is 11.1 Å². The maximum Gasteiger partial charge on any atom is 0.128 e. The number of benzene rings is 1. The number of pyridine rings is 1. The van der Waals surface area contributed by atoms with E-state index in [-0.39, 0.29) is 0 Å². The summed E-state index contributed by atoms with van der Waals surface area (Å²) in [7, 11) is 0. The smallest absolute Gasteiger partial charge is 0.128 e. The lowest BCUT2D eigenvalue weighted by molar-refractivity contribution is -0.0109. The molecule has 0 saturated heterocycles. The van der Waals surface area contributed by atoms with Gasteiger partial charge in [0.15, 0.2) is 0 Å². The van der Waals surface area contributed by atoms with E-state index in [0.717, 1.165) is 16.7 Å². The quantitative estimate of drug-likeness (QED) is 0.879. The van der Waals surface area contributed by atoms with Gasteiger partial charge in [-0.25, -0.2) is 0 Å². The molecule has 2 aromatic rings. The minimum absolute atomic E-state index is 0.313. The average Bonchev–Trinajstić information content (AvgIpc) is 2.44. The monoisotopic (exact) mass is 245 g/mol. The summed E-state index contributed by atoms with van der Waals surface area (Å²) < 4.78 is 5.78. The highest BCUT2D eigenvalue weighted by atomic mass is 16.5. The molecule has 0 unspecified atom stereocenters. The van der Waals surface area contributed by atoms with Crippen molar-refractivity contribution in [3.05, 3.63) is 36.5 Å². The van der Waals surface area contributed by atoms with Crippen LogP contribution in [0.4, 0.5) is 0 Å². The van der Waals surface area contributed by atoms with Crippen molar-refractivity contribution in [1.82, 2.24) is 4.98 Å². The second kappa shape index (κ2) is 5.36. The van der Waals surface area contributed by atoms with Crippen molar-refractivity contribution < 1.29 is 9.84 Å². The first-order valence-corrected chi connectivity index (χ1v) is 6.37. The molecule has 3 nitrogen and oxygen atoms in total. The summed E-state index contributed by atoms with van der Waals surface area (Å²) in [5, 5.41) is 11.2. The molecule has 0 fully saturated rings. The Labute approximate surface area is 107 Å². The number of hydrogen-bond donors (Lipinski definition) is 1. The minimum atomic E-state index is -0.746. The van der Waals surface area contributed by atoms with E-state index in [1.807, 2.05) is 44.2 Å². The third-order valence-electron chi connectivity index (χ3n) is 3.42. The first-order valence-electron chi connectivity index (χ1n) is 6.37. The summed E-state index contributed by atoms with van der Waals surface area (Å²) in [4.78, 5) is 4.28. The molecular formula is C15H19NO2. The summed E-state index contributed by atoms with van der Waals surface area (Å²) >= 11 is 0. The Hall–Kier alpha value is -1.61. The van der Waals surface area contributed by atoms with E-state index in [1.165, 1.54) is 0 Å². The topological polar surface area (TPSA) is 42.4 Å². The lowest BCUT2D eigenvalue weighted by atomic mass is 9.99. The average molecular weight is 245 g/mol. The Morgan fingerprint density at radius 3 is 2.67 bits per heavy atom. The van der Waals surface area contributed by atoms with Crippen LogP contribution in [0.15, 0.2) is 36.5 Å². The Kier molecular flexibility index (Phi) is 3.82. The zero-order chi connectivity index (χ0) is 13.0. The van der Waals surface area contributed by atoms with Gasteiger partial charge >= 0.3 is 0 Å². The van der Waals surface area contributed by atoms with Gasteiger partial charge < -0.3 is 9.84 Å². The molecule has 0 saturated carbocycles. The van der Waals surface area contributed by atoms with Crippen molar-refractivity contribution in [2.45, 2.75) is 32.3 Å². The van der Waals surface area contributed by atoms with Crippen LogP contribution in [0.3, 0.4) is 0 Å². The summed E-state index contributed by atoms with van der Waals surface area (Å²) in [6.45, 7) is 4.25. The van der Waals surface area contributed by atoms with Crippen LogP contribution in [0.5, 0.6) is 5.75 Å². The molecule has 0 spiro atoms. The molecule has 1 N–H and O–H groups in total. The molecule has 2 rings (SSSR count). The van der Waals surface area contributed by atoms with Crippen LogP contribution in [0, 0.1) is 0 Å². The van der Waals surface area contributed by atoms with Gasteiger partial charge in [0.2, 0.25) is 0 Å². The lowest BCUT2D eigenvalue weighted by Crippen LogP contribution is -2.34. The fourth-order valence-corrected chi connectivity index (χ4v) is 1.87. The van der Waals surface area contributed by atoms with Crippen LogP contribution in [0.2, 0.25) is 0 Å². The maximum absolute atomic E-state index is 10.2. The molecule has 96 valence electrons. The van der Waals surface area contributed by atoms with Crippen LogP contribution in [-0.4, -0.2) is 22.3 Å². The Balaban J connectivity index is 2.22. The number of aromatic nitrogens is 1. The van der Waals surface area contributed by atoms with E-state index in [1.54, 1.807) is 6.20 Å². The van der Waals surface area contributed by atoms with E-state index in [2.05, 4.69) is 4.98 Å². The van der Waals surface area contributed by atoms with Gasteiger partial charge in [-0.1, -0.05) is 19.9 Å². The third-order valence-corrected chi connectivity index (χ3v) is 3.42. The van der Waals surface area contributed by atoms with E-state index < -0.39 is 5.60 Å². The van der Waals surface area contributed by atoms with Crippen molar-refractivity contribution >= 4 is 10.9 Å². The van der Waals surface area contributed by atoms with Gasteiger partial charge in [0.25, 0.3) is 0 Å². The number of rotatable bonds is 5. The van der Waals surface area contributed by atoms with E-state index in [0.29, 0.717) is 19.4 Å². The summed E-state index contributed by atoms with van der Waals surface area (Å²) in [5.41, 5.74) is 0.163. The van der Waals surface area contributed by atoms with Crippen molar-refractivity contribution in [2.75, 3.05) is 6.61 Å². The van der Waals surface area contributed by atoms with Gasteiger partial charge in [-0.15, -0.1) is 0 Å². The third kappa shape index (κ3) is 2.62. The van der Waals surface area contributed by atoms with E-state index in [9.17, 15) is 5.11 Å². The van der Waals surface area contributed by atoms with Crippen molar-refractivity contribution in [1.29, 1.82) is 0 Å². The predicted molar refractivity (Wildman–Crippen MR) is 72.8 cm³/mol. The fourth-order valence-electron chi connectivity index (χ4n) is 1.87. The molecule has 0 amide bonds. The van der Waals surface area contributed by atoms with Gasteiger partial charge in [0.1, 0.15) is 12.4 Å². The van der Waals surface area contributed by atoms with Gasteiger partial charge in [-0.05, 0) is 37.1 Å². The zero-order valence-corrected chi connectivity index (χ0v) is 10.9. The molecule has 18 heavy (non-hydrogen) atoms. The molecule has 1 aromatic heterocycles. The summed E-state index contributed by atoms with van der Waals surface area (Å²) in [5.74, 6) is 0.779. The second-order valence-corrected chi connectivity index (χ2v) is 4.55. The fraction of sp³-hybridized carbons (Fsp3) is 0.400. The Morgan fingerprint density at radius 2 is 1.94 bits per heavy atom. The van der Waals surface area contributed by atoms with Crippen molar-refractivity contribution in [3.8, 4) is 5.75 Å². The number of ether oxygens (including phenoxy) is 1. The summed E-state index contributed by atoms with van der Waals surface area (Å²) in [6, 6.07) is 9.65. The molecule has 0 aliphatic heterocycles. The highest BCUT2D eigenvalue weighted by molar-refractivity contribution is 5.84. The normalized spacial score (nSPS) is 11.7. The predicted octanol–water partition coefficient (Wildman–Crippen LogP) is 3.16. The van der Waals surface area contributed by atoms with Crippen LogP contribution in [0.1, 0.15) is 26.7 Å². The van der Waals surface area contributed by atoms with Gasteiger partial charge in [0, 0.05) is 11.6 Å². The van der Waals surface area contributed by atoms with Crippen LogP contribution in [0.25, 0.3) is 10.9 Å². The molecule has 1 heterocycles. The highest BCUT2D eigenvalue weighted by Gasteiger charge is 2.23. The molecule has 0 radical (unpaired) electrons. The molecule has 3 heteroatoms. The summed E-state index contributed by atoms with van der Waals surface area (Å²) in [6.07, 6.45) is 3.14. The van der Waals surface area contributed by atoms with Crippen molar-refractivity contribution in [2.24, 2.45) is 0 Å². The van der Waals surface area contributed by atoms with Crippen LogP contribution in [-0.2, 0) is 0 Å². The molecule has 0 bridgehead atoms. The molecule has 0 aliphatic rings. The standard InChI is InChI=1S/C15H19NO2/c1-3-15(17,4-2)11-18-14-9-5-8-13-12(14)7-6-10-16-13/h5-10,17H,3-4,11H2,1-2H3. The Morgan fingerprint density at radius 1 is 1.17 bits per heavy atom. The number of aliphatic hydroxyl groups is 1. The van der Waals surface area contributed by atoms with Crippen LogP contribution < -0.4 is 4.74 Å². The largest absolute Gasteiger partial charge is 0.490 e. The van der Waals surface area contributed by atoms with Gasteiger partial charge in [-0.2, -0.15) is 0 Å². The number of hydrogen-bond acceptors (Lipinski definition) is 3. The first-order chi connectivity index (χ1) is 8.68. The molecule has 0 atom stereocenters. The Bertz CT molecular complexity index is 515. The zero-order valence-electron chi connectivity index (χ0n) is 10.9. The second-order valence-electron chi connectivity index (χ2n) is 4.55. The van der Waals surface area contributed by atoms with Crippen LogP contribution >= 0.6 is 0 Å². The van der Waals surface area contributed by atoms with E-state index >= 15 is 0 Å². The maximum atomic E-state index is 10.2. The van der Waals surface area contributed by atoms with E-state index in [4.69, 9.17) is 4.74 Å². The number of fused-ring (bicyclic) bond motifs is 1. The molecule has 0 aliphatic carbocycles. The lowest BCUT2D eigenvalue weighted by Gasteiger charge is -2.25. The molecular weight excluding hydrogens is 226 g/mol. The first kappa shape index (κ1) is 12.8. The molecule has 1 aromatic carbocycles. The van der Waals surface area contributed by atoms with Gasteiger partial charge in [-0.3, -0.25) is 4.98 Å². The highest BCUT2D eigenvalue weighted by Crippen LogP contribution is 2.25. The van der Waals surface area contributed by atoms with Crippen molar-refractivity contribution in [3.63, 3.8) is 0 Å².